The van der Waals surface area contributed by atoms with Crippen LogP contribution in [0, 0.1) is 5.92 Å². The number of hydrogen-bond acceptors (Lipinski definition) is 2. The van der Waals surface area contributed by atoms with Crippen molar-refractivity contribution >= 4 is 5.78 Å². The van der Waals surface area contributed by atoms with Crippen molar-refractivity contribution in [3.8, 4) is 0 Å². The van der Waals surface area contributed by atoms with Gasteiger partial charge in [0.25, 0.3) is 0 Å². The molecule has 2 nitrogen and oxygen atoms in total. The van der Waals surface area contributed by atoms with Crippen molar-refractivity contribution in [2.75, 3.05) is 0 Å². The highest BCUT2D eigenvalue weighted by molar-refractivity contribution is 6.03. The molecule has 0 radical (unpaired) electrons. The molecule has 0 aromatic rings. The van der Waals surface area contributed by atoms with Crippen molar-refractivity contribution in [1.82, 2.24) is 0 Å². The Hall–Kier alpha value is -0.890. The molecule has 0 aromatic carbocycles. The minimum atomic E-state index is -1.14. The van der Waals surface area contributed by atoms with E-state index in [9.17, 15) is 9.90 Å². The van der Waals surface area contributed by atoms with Crippen molar-refractivity contribution in [3.05, 3.63) is 24.3 Å². The summed E-state index contributed by atoms with van der Waals surface area (Å²) in [6.45, 7) is 0. The molecule has 1 N–H and O–H groups in total. The summed E-state index contributed by atoms with van der Waals surface area (Å²) in [6, 6.07) is 0. The summed E-state index contributed by atoms with van der Waals surface area (Å²) in [6.07, 6.45) is 6.52. The minimum absolute atomic E-state index is 0.0370. The standard InChI is InChI=1S/C7H6O2/c8-6-2-1-5-3-4-7(5,6)9/h1-5,9H/t5?,7-/m0/s1. The van der Waals surface area contributed by atoms with Crippen LogP contribution in [0.4, 0.5) is 0 Å². The van der Waals surface area contributed by atoms with Gasteiger partial charge in [-0.2, -0.15) is 0 Å². The molecule has 1 unspecified atom stereocenters. The van der Waals surface area contributed by atoms with E-state index in [4.69, 9.17) is 0 Å². The second kappa shape index (κ2) is 1.16. The topological polar surface area (TPSA) is 37.3 Å². The average molecular weight is 122 g/mol. The van der Waals surface area contributed by atoms with Crippen molar-refractivity contribution in [2.24, 2.45) is 5.92 Å². The third kappa shape index (κ3) is 0.380. The second-order valence-corrected chi connectivity index (χ2v) is 2.43. The predicted octanol–water partition coefficient (Wildman–Crippen LogP) is 0.0424. The van der Waals surface area contributed by atoms with E-state index in [1.54, 1.807) is 12.2 Å². The molecule has 0 bridgehead atoms. The van der Waals surface area contributed by atoms with Crippen LogP contribution in [-0.2, 0) is 4.79 Å². The highest BCUT2D eigenvalue weighted by Gasteiger charge is 2.47. The SMILES string of the molecule is O=C1C=CC2C=C[C@@]12O. The third-order valence-corrected chi connectivity index (χ3v) is 1.92. The quantitative estimate of drug-likeness (QED) is 0.461. The smallest absolute Gasteiger partial charge is 0.191 e. The highest BCUT2D eigenvalue weighted by atomic mass is 16.3. The molecular weight excluding hydrogens is 116 g/mol. The van der Waals surface area contributed by atoms with Crippen LogP contribution in [0.1, 0.15) is 0 Å². The van der Waals surface area contributed by atoms with Gasteiger partial charge < -0.3 is 5.11 Å². The lowest BCUT2D eigenvalue weighted by Gasteiger charge is -2.30. The molecule has 0 aromatic heterocycles. The van der Waals surface area contributed by atoms with Gasteiger partial charge in [0.1, 0.15) is 0 Å². The van der Waals surface area contributed by atoms with E-state index >= 15 is 0 Å². The van der Waals surface area contributed by atoms with Gasteiger partial charge in [-0.25, -0.2) is 0 Å². The summed E-state index contributed by atoms with van der Waals surface area (Å²) in [4.78, 5) is 10.8. The first-order valence-electron chi connectivity index (χ1n) is 2.88. The number of fused-ring (bicyclic) bond motifs is 1. The van der Waals surface area contributed by atoms with Crippen molar-refractivity contribution < 1.29 is 9.90 Å². The third-order valence-electron chi connectivity index (χ3n) is 1.92. The van der Waals surface area contributed by atoms with Gasteiger partial charge in [-0.05, 0) is 12.2 Å². The van der Waals surface area contributed by atoms with Crippen molar-refractivity contribution in [1.29, 1.82) is 0 Å². The molecule has 0 fully saturated rings. The molecule has 0 spiro atoms. The zero-order chi connectivity index (χ0) is 6.48. The van der Waals surface area contributed by atoms with Gasteiger partial charge in [-0.1, -0.05) is 12.2 Å². The molecule has 2 heteroatoms. The fraction of sp³-hybridized carbons (Fsp3) is 0.286. The molecule has 2 atom stereocenters. The van der Waals surface area contributed by atoms with Gasteiger partial charge in [0.2, 0.25) is 0 Å². The fourth-order valence-corrected chi connectivity index (χ4v) is 1.17. The van der Waals surface area contributed by atoms with Gasteiger partial charge in [-0.3, -0.25) is 4.79 Å². The lowest BCUT2D eigenvalue weighted by molar-refractivity contribution is -0.129. The van der Waals surface area contributed by atoms with Gasteiger partial charge in [-0.15, -0.1) is 0 Å². The molecule has 9 heavy (non-hydrogen) atoms. The summed E-state index contributed by atoms with van der Waals surface area (Å²) in [7, 11) is 0. The van der Waals surface area contributed by atoms with Crippen LogP contribution < -0.4 is 0 Å². The molecule has 2 aliphatic rings. The van der Waals surface area contributed by atoms with E-state index < -0.39 is 5.60 Å². The first kappa shape index (κ1) is 4.94. The van der Waals surface area contributed by atoms with Crippen LogP contribution in [0.3, 0.4) is 0 Å². The average Bonchev–Trinajstić information content (AvgIpc) is 1.96. The van der Waals surface area contributed by atoms with E-state index in [0.717, 1.165) is 0 Å². The minimum Gasteiger partial charge on any atom is -0.377 e. The summed E-state index contributed by atoms with van der Waals surface area (Å²) in [5, 5.41) is 9.32. The monoisotopic (exact) mass is 122 g/mol. The van der Waals surface area contributed by atoms with Crippen LogP contribution in [0.2, 0.25) is 0 Å². The molecular formula is C7H6O2. The summed E-state index contributed by atoms with van der Waals surface area (Å²) in [5.74, 6) is -0.222. The van der Waals surface area contributed by atoms with Gasteiger partial charge in [0.15, 0.2) is 11.4 Å². The molecule has 0 aliphatic heterocycles. The van der Waals surface area contributed by atoms with Crippen LogP contribution in [0.15, 0.2) is 24.3 Å². The highest BCUT2D eigenvalue weighted by Crippen LogP contribution is 2.36. The predicted molar refractivity (Wildman–Crippen MR) is 31.7 cm³/mol. The van der Waals surface area contributed by atoms with Gasteiger partial charge in [0.05, 0.1) is 0 Å². The Kier molecular flexibility index (Phi) is 0.638. The maximum absolute atomic E-state index is 10.8. The van der Waals surface area contributed by atoms with Gasteiger partial charge in [0, 0.05) is 5.92 Å². The van der Waals surface area contributed by atoms with Crippen molar-refractivity contribution in [3.63, 3.8) is 0 Å². The normalized spacial score (nSPS) is 45.0. The Morgan fingerprint density at radius 2 is 2.33 bits per heavy atom. The number of carbonyl (C=O) groups excluding carboxylic acids is 1. The Morgan fingerprint density at radius 3 is 2.56 bits per heavy atom. The van der Waals surface area contributed by atoms with Crippen LogP contribution >= 0.6 is 0 Å². The Morgan fingerprint density at radius 1 is 1.56 bits per heavy atom. The Labute approximate surface area is 52.5 Å². The van der Waals surface area contributed by atoms with E-state index in [-0.39, 0.29) is 11.7 Å². The van der Waals surface area contributed by atoms with E-state index in [2.05, 4.69) is 0 Å². The zero-order valence-electron chi connectivity index (χ0n) is 4.74. The van der Waals surface area contributed by atoms with E-state index in [1.807, 2.05) is 6.08 Å². The van der Waals surface area contributed by atoms with Crippen LogP contribution in [0.5, 0.6) is 0 Å². The largest absolute Gasteiger partial charge is 0.377 e. The number of aliphatic hydroxyl groups is 1. The Balaban J connectivity index is 2.48. The first-order chi connectivity index (χ1) is 4.23. The first-order valence-corrected chi connectivity index (χ1v) is 2.88. The maximum Gasteiger partial charge on any atom is 0.191 e. The summed E-state index contributed by atoms with van der Waals surface area (Å²) >= 11 is 0. The van der Waals surface area contributed by atoms with Crippen molar-refractivity contribution in [2.45, 2.75) is 5.60 Å². The number of rotatable bonds is 0. The molecule has 0 heterocycles. The van der Waals surface area contributed by atoms with Crippen LogP contribution in [0.25, 0.3) is 0 Å². The molecule has 46 valence electrons. The lowest BCUT2D eigenvalue weighted by Crippen LogP contribution is -2.43. The molecule has 0 amide bonds. The number of ketones is 1. The number of hydrogen-bond donors (Lipinski definition) is 1. The molecule has 0 saturated heterocycles. The summed E-state index contributed by atoms with van der Waals surface area (Å²) < 4.78 is 0. The van der Waals surface area contributed by atoms with E-state index in [1.165, 1.54) is 6.08 Å². The summed E-state index contributed by atoms with van der Waals surface area (Å²) in [5.41, 5.74) is -1.14. The maximum atomic E-state index is 10.8. The molecule has 2 rings (SSSR count). The van der Waals surface area contributed by atoms with Gasteiger partial charge >= 0.3 is 0 Å². The fourth-order valence-electron chi connectivity index (χ4n) is 1.17. The lowest BCUT2D eigenvalue weighted by atomic mass is 9.80. The Bertz CT molecular complexity index is 227. The molecule has 0 saturated carbocycles. The zero-order valence-corrected chi connectivity index (χ0v) is 4.74. The molecule has 2 aliphatic carbocycles. The number of carbonyl (C=O) groups is 1. The van der Waals surface area contributed by atoms with Crippen LogP contribution in [-0.4, -0.2) is 16.5 Å². The van der Waals surface area contributed by atoms with E-state index in [0.29, 0.717) is 0 Å². The second-order valence-electron chi connectivity index (χ2n) is 2.43.